The predicted octanol–water partition coefficient (Wildman–Crippen LogP) is 1.93. The molecular formula is C13H15FN2O. The Morgan fingerprint density at radius 3 is 2.71 bits per heavy atom. The summed E-state index contributed by atoms with van der Waals surface area (Å²) in [5.74, 6) is -0.369. The molecule has 2 unspecified atom stereocenters. The average Bonchev–Trinajstić information content (AvgIpc) is 2.67. The third-order valence-corrected chi connectivity index (χ3v) is 3.82. The van der Waals surface area contributed by atoms with Crippen molar-refractivity contribution in [3.8, 4) is 0 Å². The van der Waals surface area contributed by atoms with Crippen LogP contribution in [0.1, 0.15) is 36.2 Å². The second-order valence-electron chi connectivity index (χ2n) is 5.03. The van der Waals surface area contributed by atoms with E-state index in [9.17, 15) is 9.18 Å². The summed E-state index contributed by atoms with van der Waals surface area (Å²) in [5.41, 5.74) is 0.274. The first kappa shape index (κ1) is 10.8. The van der Waals surface area contributed by atoms with E-state index in [-0.39, 0.29) is 23.2 Å². The van der Waals surface area contributed by atoms with E-state index in [0.29, 0.717) is 12.1 Å². The monoisotopic (exact) mass is 234 g/mol. The average molecular weight is 234 g/mol. The molecule has 1 aromatic heterocycles. The molecule has 0 spiro atoms. The number of piperidine rings is 1. The number of hydrogen-bond donors (Lipinski definition) is 1. The molecule has 4 heteroatoms. The standard InChI is InChI=1S/C13H15FN2O/c14-9-3-4-15-12(7-9)13(17)8-5-10-1-2-11(6-8)16-10/h3-4,7-8,10-11,16H,1-2,5-6H2. The lowest BCUT2D eigenvalue weighted by molar-refractivity contribution is 0.0870. The molecule has 2 atom stereocenters. The Morgan fingerprint density at radius 1 is 1.35 bits per heavy atom. The van der Waals surface area contributed by atoms with Crippen LogP contribution in [0.5, 0.6) is 0 Å². The summed E-state index contributed by atoms with van der Waals surface area (Å²) in [4.78, 5) is 16.2. The van der Waals surface area contributed by atoms with Crippen LogP contribution in [0.3, 0.4) is 0 Å². The lowest BCUT2D eigenvalue weighted by Gasteiger charge is -2.27. The van der Waals surface area contributed by atoms with Crippen LogP contribution in [-0.4, -0.2) is 22.9 Å². The van der Waals surface area contributed by atoms with E-state index in [1.807, 2.05) is 0 Å². The smallest absolute Gasteiger partial charge is 0.184 e. The van der Waals surface area contributed by atoms with Gasteiger partial charge in [0.25, 0.3) is 0 Å². The number of pyridine rings is 1. The Bertz CT molecular complexity index is 437. The van der Waals surface area contributed by atoms with Gasteiger partial charge in [-0.3, -0.25) is 9.78 Å². The molecule has 2 bridgehead atoms. The summed E-state index contributed by atoms with van der Waals surface area (Å²) in [6.45, 7) is 0. The molecule has 0 radical (unpaired) electrons. The molecular weight excluding hydrogens is 219 g/mol. The van der Waals surface area contributed by atoms with E-state index in [2.05, 4.69) is 10.3 Å². The van der Waals surface area contributed by atoms with Gasteiger partial charge in [0, 0.05) is 30.3 Å². The summed E-state index contributed by atoms with van der Waals surface area (Å²) in [6, 6.07) is 3.45. The fourth-order valence-corrected chi connectivity index (χ4v) is 3.02. The van der Waals surface area contributed by atoms with Crippen molar-refractivity contribution in [2.75, 3.05) is 0 Å². The van der Waals surface area contributed by atoms with Crippen molar-refractivity contribution < 1.29 is 9.18 Å². The van der Waals surface area contributed by atoms with Crippen molar-refractivity contribution in [1.82, 2.24) is 10.3 Å². The van der Waals surface area contributed by atoms with E-state index in [4.69, 9.17) is 0 Å². The SMILES string of the molecule is O=C(c1cc(F)ccn1)C1CC2CCC(C1)N2. The van der Waals surface area contributed by atoms with Gasteiger partial charge in [0.05, 0.1) is 0 Å². The highest BCUT2D eigenvalue weighted by Crippen LogP contribution is 2.32. The number of Topliss-reactive ketones (excluding diaryl/α,β-unsaturated/α-hetero) is 1. The summed E-state index contributed by atoms with van der Waals surface area (Å²) in [7, 11) is 0. The third-order valence-electron chi connectivity index (χ3n) is 3.82. The largest absolute Gasteiger partial charge is 0.311 e. The second kappa shape index (κ2) is 4.18. The highest BCUT2D eigenvalue weighted by molar-refractivity contribution is 5.96. The molecule has 2 aliphatic heterocycles. The van der Waals surface area contributed by atoms with Gasteiger partial charge in [-0.25, -0.2) is 4.39 Å². The lowest BCUT2D eigenvalue weighted by Crippen LogP contribution is -2.40. The minimum absolute atomic E-state index is 0.00269. The van der Waals surface area contributed by atoms with Gasteiger partial charge in [0.2, 0.25) is 0 Å². The van der Waals surface area contributed by atoms with Gasteiger partial charge < -0.3 is 5.32 Å². The fourth-order valence-electron chi connectivity index (χ4n) is 3.02. The molecule has 3 heterocycles. The van der Waals surface area contributed by atoms with Gasteiger partial charge in [0.1, 0.15) is 11.5 Å². The highest BCUT2D eigenvalue weighted by atomic mass is 19.1. The quantitative estimate of drug-likeness (QED) is 0.795. The van der Waals surface area contributed by atoms with Crippen molar-refractivity contribution in [3.63, 3.8) is 0 Å². The fraction of sp³-hybridized carbons (Fsp3) is 0.538. The van der Waals surface area contributed by atoms with Crippen LogP contribution in [0.15, 0.2) is 18.3 Å². The Kier molecular flexibility index (Phi) is 2.67. The number of fused-ring (bicyclic) bond motifs is 2. The Morgan fingerprint density at radius 2 is 2.06 bits per heavy atom. The molecule has 1 N–H and O–H groups in total. The molecule has 2 aliphatic rings. The number of carbonyl (C=O) groups is 1. The van der Waals surface area contributed by atoms with Gasteiger partial charge in [-0.2, -0.15) is 0 Å². The van der Waals surface area contributed by atoms with Crippen LogP contribution >= 0.6 is 0 Å². The minimum atomic E-state index is -0.389. The zero-order chi connectivity index (χ0) is 11.8. The number of rotatable bonds is 2. The Hall–Kier alpha value is -1.29. The maximum atomic E-state index is 13.1. The molecule has 0 amide bonds. The number of hydrogen-bond acceptors (Lipinski definition) is 3. The molecule has 0 aromatic carbocycles. The summed E-state index contributed by atoms with van der Waals surface area (Å²) >= 11 is 0. The first-order chi connectivity index (χ1) is 8.22. The molecule has 3 rings (SSSR count). The molecule has 90 valence electrons. The van der Waals surface area contributed by atoms with Gasteiger partial charge >= 0.3 is 0 Å². The van der Waals surface area contributed by atoms with E-state index < -0.39 is 0 Å². The van der Waals surface area contributed by atoms with Crippen molar-refractivity contribution in [2.45, 2.75) is 37.8 Å². The highest BCUT2D eigenvalue weighted by Gasteiger charge is 2.37. The van der Waals surface area contributed by atoms with Gasteiger partial charge in [-0.05, 0) is 31.7 Å². The van der Waals surface area contributed by atoms with Crippen LogP contribution in [0.2, 0.25) is 0 Å². The summed E-state index contributed by atoms with van der Waals surface area (Å²) < 4.78 is 13.1. The third kappa shape index (κ3) is 2.09. The summed E-state index contributed by atoms with van der Waals surface area (Å²) in [6.07, 6.45) is 5.41. The van der Waals surface area contributed by atoms with E-state index in [0.717, 1.165) is 25.7 Å². The maximum Gasteiger partial charge on any atom is 0.184 e. The number of nitrogens with one attached hydrogen (secondary N) is 1. The van der Waals surface area contributed by atoms with E-state index >= 15 is 0 Å². The maximum absolute atomic E-state index is 13.1. The zero-order valence-corrected chi connectivity index (χ0v) is 9.53. The minimum Gasteiger partial charge on any atom is -0.311 e. The lowest BCUT2D eigenvalue weighted by atomic mass is 9.87. The summed E-state index contributed by atoms with van der Waals surface area (Å²) in [5, 5.41) is 3.49. The number of halogens is 1. The topological polar surface area (TPSA) is 42.0 Å². The van der Waals surface area contributed by atoms with Gasteiger partial charge in [-0.1, -0.05) is 0 Å². The van der Waals surface area contributed by atoms with Gasteiger partial charge in [-0.15, -0.1) is 0 Å². The molecule has 0 saturated carbocycles. The van der Waals surface area contributed by atoms with Gasteiger partial charge in [0.15, 0.2) is 5.78 Å². The second-order valence-corrected chi connectivity index (χ2v) is 5.03. The molecule has 3 nitrogen and oxygen atoms in total. The van der Waals surface area contributed by atoms with E-state index in [1.165, 1.54) is 18.3 Å². The van der Waals surface area contributed by atoms with Crippen LogP contribution in [-0.2, 0) is 0 Å². The van der Waals surface area contributed by atoms with Crippen molar-refractivity contribution >= 4 is 5.78 Å². The Balaban J connectivity index is 1.78. The first-order valence-corrected chi connectivity index (χ1v) is 6.14. The molecule has 2 saturated heterocycles. The number of nitrogens with zero attached hydrogens (tertiary/aromatic N) is 1. The Labute approximate surface area is 99.4 Å². The molecule has 17 heavy (non-hydrogen) atoms. The molecule has 0 aliphatic carbocycles. The van der Waals surface area contributed by atoms with Crippen molar-refractivity contribution in [2.24, 2.45) is 5.92 Å². The number of carbonyl (C=O) groups excluding carboxylic acids is 1. The van der Waals surface area contributed by atoms with Crippen LogP contribution in [0.4, 0.5) is 4.39 Å². The van der Waals surface area contributed by atoms with Crippen LogP contribution < -0.4 is 5.32 Å². The van der Waals surface area contributed by atoms with Crippen molar-refractivity contribution in [3.05, 3.63) is 29.8 Å². The zero-order valence-electron chi connectivity index (χ0n) is 9.53. The van der Waals surface area contributed by atoms with Crippen LogP contribution in [0.25, 0.3) is 0 Å². The molecule has 2 fully saturated rings. The van der Waals surface area contributed by atoms with Crippen LogP contribution in [0, 0.1) is 11.7 Å². The number of ketones is 1. The van der Waals surface area contributed by atoms with Crippen molar-refractivity contribution in [1.29, 1.82) is 0 Å². The molecule has 1 aromatic rings. The number of aromatic nitrogens is 1. The normalized spacial score (nSPS) is 31.5. The predicted molar refractivity (Wildman–Crippen MR) is 61.2 cm³/mol. The first-order valence-electron chi connectivity index (χ1n) is 6.14. The van der Waals surface area contributed by atoms with E-state index in [1.54, 1.807) is 0 Å².